The molecule has 15 heavy (non-hydrogen) atoms. The fourth-order valence-corrected chi connectivity index (χ4v) is 1.40. The summed E-state index contributed by atoms with van der Waals surface area (Å²) in [5.74, 6) is -1.08. The van der Waals surface area contributed by atoms with Crippen LogP contribution in [0.4, 0.5) is 0 Å². The van der Waals surface area contributed by atoms with Gasteiger partial charge in [0, 0.05) is 12.8 Å². The number of hydrogen-bond donors (Lipinski definition) is 2. The average molecular weight is 213 g/mol. The monoisotopic (exact) mass is 213 g/mol. The highest BCUT2D eigenvalue weighted by Gasteiger charge is 2.38. The van der Waals surface area contributed by atoms with Crippen molar-refractivity contribution in [1.29, 1.82) is 0 Å². The summed E-state index contributed by atoms with van der Waals surface area (Å²) >= 11 is 0. The van der Waals surface area contributed by atoms with E-state index < -0.39 is 11.4 Å². The van der Waals surface area contributed by atoms with Gasteiger partial charge in [-0.1, -0.05) is 0 Å². The summed E-state index contributed by atoms with van der Waals surface area (Å²) in [6.45, 7) is 1.56. The zero-order chi connectivity index (χ0) is 11.6. The molecule has 0 aliphatic carbocycles. The molecule has 1 atom stereocenters. The molecule has 0 aromatic carbocycles. The first-order chi connectivity index (χ1) is 6.90. The minimum Gasteiger partial charge on any atom is -0.368 e. The number of amides is 3. The van der Waals surface area contributed by atoms with Crippen molar-refractivity contribution in [3.05, 3.63) is 0 Å². The molecule has 0 radical (unpaired) electrons. The normalized spacial score (nSPS) is 20.5. The number of carbonyl (C=O) groups is 3. The van der Waals surface area contributed by atoms with E-state index in [1.807, 2.05) is 0 Å². The number of hydrogen-bond acceptors (Lipinski definition) is 4. The Morgan fingerprint density at radius 1 is 1.47 bits per heavy atom. The van der Waals surface area contributed by atoms with Crippen molar-refractivity contribution < 1.29 is 14.4 Å². The molecule has 3 N–H and O–H groups in total. The first-order valence-electron chi connectivity index (χ1n) is 4.73. The van der Waals surface area contributed by atoms with Crippen molar-refractivity contribution in [1.82, 2.24) is 10.2 Å². The van der Waals surface area contributed by atoms with E-state index in [1.54, 1.807) is 14.0 Å². The molecular formula is C9H15N3O3. The van der Waals surface area contributed by atoms with Crippen LogP contribution in [0.2, 0.25) is 0 Å². The molecule has 84 valence electrons. The molecule has 1 rings (SSSR count). The van der Waals surface area contributed by atoms with Gasteiger partial charge in [0.2, 0.25) is 17.7 Å². The number of nitrogens with zero attached hydrogens (tertiary/aromatic N) is 1. The molecule has 1 aliphatic rings. The Balaban J connectivity index is 2.79. The highest BCUT2D eigenvalue weighted by Crippen LogP contribution is 2.15. The lowest BCUT2D eigenvalue weighted by Crippen LogP contribution is -2.59. The predicted octanol–water partition coefficient (Wildman–Crippen LogP) is -1.40. The molecular weight excluding hydrogens is 198 g/mol. The van der Waals surface area contributed by atoms with Crippen molar-refractivity contribution in [3.63, 3.8) is 0 Å². The lowest BCUT2D eigenvalue weighted by molar-refractivity contribution is -0.140. The Bertz CT molecular complexity index is 300. The fourth-order valence-electron chi connectivity index (χ4n) is 1.40. The summed E-state index contributed by atoms with van der Waals surface area (Å²) in [5, 5.41) is 2.73. The van der Waals surface area contributed by atoms with Gasteiger partial charge in [-0.3, -0.25) is 19.3 Å². The zero-order valence-corrected chi connectivity index (χ0v) is 8.87. The second-order valence-corrected chi connectivity index (χ2v) is 3.82. The second-order valence-electron chi connectivity index (χ2n) is 3.82. The SMILES string of the molecule is CNC(C)(CN1C(=O)CCC1=O)C(N)=O. The van der Waals surface area contributed by atoms with E-state index in [4.69, 9.17) is 5.73 Å². The Morgan fingerprint density at radius 3 is 2.27 bits per heavy atom. The molecule has 0 saturated carbocycles. The van der Waals surface area contributed by atoms with E-state index in [1.165, 1.54) is 0 Å². The standard InChI is InChI=1S/C9H15N3O3/c1-9(11-2,8(10)15)5-12-6(13)3-4-7(12)14/h11H,3-5H2,1-2H3,(H2,10,15). The maximum absolute atomic E-state index is 11.3. The van der Waals surface area contributed by atoms with Crippen LogP contribution in [0.5, 0.6) is 0 Å². The molecule has 1 heterocycles. The minimum absolute atomic E-state index is 0.00347. The van der Waals surface area contributed by atoms with Crippen LogP contribution in [0.3, 0.4) is 0 Å². The predicted molar refractivity (Wildman–Crippen MR) is 52.6 cm³/mol. The van der Waals surface area contributed by atoms with E-state index in [0.717, 1.165) is 4.90 Å². The Kier molecular flexibility index (Phi) is 3.09. The largest absolute Gasteiger partial charge is 0.368 e. The summed E-state index contributed by atoms with van der Waals surface area (Å²) < 4.78 is 0. The van der Waals surface area contributed by atoms with Gasteiger partial charge in [-0.25, -0.2) is 0 Å². The van der Waals surface area contributed by atoms with Crippen LogP contribution in [0, 0.1) is 0 Å². The van der Waals surface area contributed by atoms with E-state index in [-0.39, 0.29) is 31.2 Å². The molecule has 6 nitrogen and oxygen atoms in total. The molecule has 0 bridgehead atoms. The lowest BCUT2D eigenvalue weighted by atomic mass is 10.0. The van der Waals surface area contributed by atoms with Crippen molar-refractivity contribution in [2.45, 2.75) is 25.3 Å². The van der Waals surface area contributed by atoms with Crippen LogP contribution in [0.25, 0.3) is 0 Å². The quantitative estimate of drug-likeness (QED) is 0.562. The van der Waals surface area contributed by atoms with E-state index in [2.05, 4.69) is 5.32 Å². The summed E-state index contributed by atoms with van der Waals surface area (Å²) in [6, 6.07) is 0. The lowest BCUT2D eigenvalue weighted by Gasteiger charge is -2.29. The van der Waals surface area contributed by atoms with E-state index in [0.29, 0.717) is 0 Å². The third-order valence-electron chi connectivity index (χ3n) is 2.72. The number of carbonyl (C=O) groups excluding carboxylic acids is 3. The van der Waals surface area contributed by atoms with Crippen molar-refractivity contribution in [2.24, 2.45) is 5.73 Å². The van der Waals surface area contributed by atoms with Crippen molar-refractivity contribution in [3.8, 4) is 0 Å². The number of primary amides is 1. The van der Waals surface area contributed by atoms with Gasteiger partial charge < -0.3 is 11.1 Å². The molecule has 6 heteroatoms. The smallest absolute Gasteiger partial charge is 0.239 e. The zero-order valence-electron chi connectivity index (χ0n) is 8.87. The third-order valence-corrected chi connectivity index (χ3v) is 2.72. The second kappa shape index (κ2) is 3.98. The third kappa shape index (κ3) is 2.15. The van der Waals surface area contributed by atoms with Gasteiger partial charge in [0.05, 0.1) is 6.54 Å². The van der Waals surface area contributed by atoms with E-state index in [9.17, 15) is 14.4 Å². The maximum atomic E-state index is 11.3. The Labute approximate surface area is 87.8 Å². The molecule has 1 unspecified atom stereocenters. The summed E-state index contributed by atoms with van der Waals surface area (Å²) in [7, 11) is 1.57. The first-order valence-corrected chi connectivity index (χ1v) is 4.73. The van der Waals surface area contributed by atoms with Crippen molar-refractivity contribution in [2.75, 3.05) is 13.6 Å². The van der Waals surface area contributed by atoms with Gasteiger partial charge in [-0.2, -0.15) is 0 Å². The van der Waals surface area contributed by atoms with Gasteiger partial charge >= 0.3 is 0 Å². The summed E-state index contributed by atoms with van der Waals surface area (Å²) in [6.07, 6.45) is 0.439. The van der Waals surface area contributed by atoms with Crippen LogP contribution in [-0.4, -0.2) is 41.8 Å². The molecule has 0 spiro atoms. The number of nitrogens with two attached hydrogens (primary N) is 1. The summed E-state index contributed by atoms with van der Waals surface area (Å²) in [5.41, 5.74) is 4.14. The number of rotatable bonds is 4. The van der Waals surface area contributed by atoms with Crippen LogP contribution in [0.15, 0.2) is 0 Å². The first kappa shape index (κ1) is 11.6. The van der Waals surface area contributed by atoms with Crippen molar-refractivity contribution >= 4 is 17.7 Å². The maximum Gasteiger partial charge on any atom is 0.239 e. The topological polar surface area (TPSA) is 92.5 Å². The highest BCUT2D eigenvalue weighted by molar-refractivity contribution is 6.02. The molecule has 0 aromatic rings. The summed E-state index contributed by atoms with van der Waals surface area (Å²) in [4.78, 5) is 34.9. The van der Waals surface area contributed by atoms with Gasteiger partial charge in [-0.05, 0) is 14.0 Å². The van der Waals surface area contributed by atoms with Crippen LogP contribution in [-0.2, 0) is 14.4 Å². The van der Waals surface area contributed by atoms with E-state index >= 15 is 0 Å². The Hall–Kier alpha value is -1.43. The van der Waals surface area contributed by atoms with Crippen LogP contribution in [0.1, 0.15) is 19.8 Å². The average Bonchev–Trinajstić information content (AvgIpc) is 2.49. The Morgan fingerprint density at radius 2 is 1.93 bits per heavy atom. The number of nitrogens with one attached hydrogen (secondary N) is 1. The van der Waals surface area contributed by atoms with Gasteiger partial charge in [-0.15, -0.1) is 0 Å². The minimum atomic E-state index is -1.06. The molecule has 1 fully saturated rings. The van der Waals surface area contributed by atoms with Gasteiger partial charge in [0.25, 0.3) is 0 Å². The number of likely N-dealkylation sites (N-methyl/N-ethyl adjacent to an activating group) is 1. The molecule has 0 aromatic heterocycles. The van der Waals surface area contributed by atoms with Gasteiger partial charge in [0.1, 0.15) is 5.54 Å². The molecule has 3 amide bonds. The molecule has 1 aliphatic heterocycles. The number of likely N-dealkylation sites (tertiary alicyclic amines) is 1. The van der Waals surface area contributed by atoms with Crippen LogP contribution < -0.4 is 11.1 Å². The van der Waals surface area contributed by atoms with Crippen LogP contribution >= 0.6 is 0 Å². The van der Waals surface area contributed by atoms with Gasteiger partial charge in [0.15, 0.2) is 0 Å². The fraction of sp³-hybridized carbons (Fsp3) is 0.667. The molecule has 1 saturated heterocycles. The number of imide groups is 1. The highest BCUT2D eigenvalue weighted by atomic mass is 16.2.